The van der Waals surface area contributed by atoms with E-state index in [2.05, 4.69) is 17.4 Å². The molecule has 4 nitrogen and oxygen atoms in total. The molecule has 1 saturated carbocycles. The van der Waals surface area contributed by atoms with Crippen LogP contribution in [0, 0.1) is 0 Å². The van der Waals surface area contributed by atoms with Crippen LogP contribution in [-0.2, 0) is 15.1 Å². The van der Waals surface area contributed by atoms with Crippen molar-refractivity contribution in [3.05, 3.63) is 29.8 Å². The summed E-state index contributed by atoms with van der Waals surface area (Å²) in [5.74, 6) is 0.785. The molecule has 0 bridgehead atoms. The lowest BCUT2D eigenvalue weighted by Crippen LogP contribution is -2.48. The zero-order valence-corrected chi connectivity index (χ0v) is 12.3. The van der Waals surface area contributed by atoms with Crippen LogP contribution in [0.1, 0.15) is 37.7 Å². The van der Waals surface area contributed by atoms with Crippen molar-refractivity contribution >= 4 is 5.91 Å². The Morgan fingerprint density at radius 2 is 1.80 bits per heavy atom. The van der Waals surface area contributed by atoms with E-state index in [-0.39, 0.29) is 18.1 Å². The highest BCUT2D eigenvalue weighted by atomic mass is 16.5. The maximum Gasteiger partial charge on any atom is 0.246 e. The molecular formula is C16H23NO3. The fraction of sp³-hybridized carbons (Fsp3) is 0.562. The molecule has 0 radical (unpaired) electrons. The van der Waals surface area contributed by atoms with Crippen molar-refractivity contribution < 1.29 is 14.3 Å². The van der Waals surface area contributed by atoms with E-state index >= 15 is 0 Å². The van der Waals surface area contributed by atoms with Crippen LogP contribution in [0.25, 0.3) is 0 Å². The van der Waals surface area contributed by atoms with Gasteiger partial charge in [0.15, 0.2) is 0 Å². The Balaban J connectivity index is 2.22. The first kappa shape index (κ1) is 14.9. The molecule has 2 rings (SSSR count). The van der Waals surface area contributed by atoms with Crippen molar-refractivity contribution in [3.63, 3.8) is 0 Å². The van der Waals surface area contributed by atoms with Gasteiger partial charge < -0.3 is 14.8 Å². The summed E-state index contributed by atoms with van der Waals surface area (Å²) in [5.41, 5.74) is 0.905. The number of hydrogen-bond donors (Lipinski definition) is 1. The summed E-state index contributed by atoms with van der Waals surface area (Å²) in [5, 5.41) is 3.18. The monoisotopic (exact) mass is 277 g/mol. The van der Waals surface area contributed by atoms with Crippen LogP contribution in [0.5, 0.6) is 5.75 Å². The lowest BCUT2D eigenvalue weighted by Gasteiger charge is -2.38. The highest BCUT2D eigenvalue weighted by molar-refractivity contribution is 5.78. The van der Waals surface area contributed by atoms with E-state index in [0.717, 1.165) is 37.0 Å². The molecule has 0 heterocycles. The standard InChI is InChI=1S/C16H23NO3/c1-19-12-15(18)17-16(10-4-3-5-11-16)13-6-8-14(20-2)9-7-13/h6-9H,3-5,10-12H2,1-2H3,(H,17,18). The lowest BCUT2D eigenvalue weighted by atomic mass is 9.76. The molecule has 20 heavy (non-hydrogen) atoms. The largest absolute Gasteiger partial charge is 0.497 e. The highest BCUT2D eigenvalue weighted by Gasteiger charge is 2.35. The molecule has 1 amide bonds. The smallest absolute Gasteiger partial charge is 0.246 e. The molecule has 0 saturated heterocycles. The average Bonchev–Trinajstić information content (AvgIpc) is 2.48. The van der Waals surface area contributed by atoms with Gasteiger partial charge in [0.25, 0.3) is 0 Å². The van der Waals surface area contributed by atoms with Crippen LogP contribution >= 0.6 is 0 Å². The zero-order chi connectivity index (χ0) is 14.4. The SMILES string of the molecule is COCC(=O)NC1(c2ccc(OC)cc2)CCCCC1. The minimum Gasteiger partial charge on any atom is -0.497 e. The minimum atomic E-state index is -0.250. The molecule has 1 aromatic rings. The molecule has 0 atom stereocenters. The average molecular weight is 277 g/mol. The molecule has 1 aliphatic rings. The summed E-state index contributed by atoms with van der Waals surface area (Å²) in [6.07, 6.45) is 5.47. The van der Waals surface area contributed by atoms with E-state index in [1.54, 1.807) is 14.2 Å². The zero-order valence-electron chi connectivity index (χ0n) is 12.3. The van der Waals surface area contributed by atoms with Crippen LogP contribution < -0.4 is 10.1 Å². The summed E-state index contributed by atoms with van der Waals surface area (Å²) in [6, 6.07) is 8.01. The normalized spacial score (nSPS) is 17.5. The Morgan fingerprint density at radius 3 is 2.35 bits per heavy atom. The van der Waals surface area contributed by atoms with Crippen LogP contribution in [-0.4, -0.2) is 26.7 Å². The van der Waals surface area contributed by atoms with E-state index in [0.29, 0.717) is 0 Å². The number of amides is 1. The quantitative estimate of drug-likeness (QED) is 0.900. The third-order valence-corrected chi connectivity index (χ3v) is 4.00. The van der Waals surface area contributed by atoms with Crippen molar-refractivity contribution in [1.82, 2.24) is 5.32 Å². The van der Waals surface area contributed by atoms with Gasteiger partial charge >= 0.3 is 0 Å². The van der Waals surface area contributed by atoms with Gasteiger partial charge in [0.1, 0.15) is 12.4 Å². The summed E-state index contributed by atoms with van der Waals surface area (Å²) >= 11 is 0. The molecule has 1 aliphatic carbocycles. The first-order chi connectivity index (χ1) is 9.70. The molecule has 0 aliphatic heterocycles. The Morgan fingerprint density at radius 1 is 1.15 bits per heavy atom. The Kier molecular flexibility index (Phi) is 5.01. The van der Waals surface area contributed by atoms with Crippen molar-refractivity contribution in [2.24, 2.45) is 0 Å². The van der Waals surface area contributed by atoms with Crippen molar-refractivity contribution in [1.29, 1.82) is 0 Å². The summed E-state index contributed by atoms with van der Waals surface area (Å²) in [4.78, 5) is 12.0. The second-order valence-corrected chi connectivity index (χ2v) is 5.35. The van der Waals surface area contributed by atoms with Gasteiger partial charge in [-0.05, 0) is 30.5 Å². The maximum atomic E-state index is 12.0. The number of methoxy groups -OCH3 is 2. The molecule has 0 aromatic heterocycles. The van der Waals surface area contributed by atoms with Crippen LogP contribution in [0.3, 0.4) is 0 Å². The number of nitrogens with one attached hydrogen (secondary N) is 1. The fourth-order valence-electron chi connectivity index (χ4n) is 2.99. The van der Waals surface area contributed by atoms with Gasteiger partial charge in [-0.1, -0.05) is 31.4 Å². The van der Waals surface area contributed by atoms with Gasteiger partial charge in [-0.15, -0.1) is 0 Å². The fourth-order valence-corrected chi connectivity index (χ4v) is 2.99. The third-order valence-electron chi connectivity index (χ3n) is 4.00. The second-order valence-electron chi connectivity index (χ2n) is 5.35. The number of benzene rings is 1. The predicted molar refractivity (Wildman–Crippen MR) is 77.8 cm³/mol. The van der Waals surface area contributed by atoms with Gasteiger partial charge in [0, 0.05) is 7.11 Å². The first-order valence-electron chi connectivity index (χ1n) is 7.15. The highest BCUT2D eigenvalue weighted by Crippen LogP contribution is 2.37. The number of ether oxygens (including phenoxy) is 2. The van der Waals surface area contributed by atoms with Gasteiger partial charge in [-0.2, -0.15) is 0 Å². The van der Waals surface area contributed by atoms with E-state index in [9.17, 15) is 4.79 Å². The van der Waals surface area contributed by atoms with E-state index in [1.807, 2.05) is 12.1 Å². The van der Waals surface area contributed by atoms with Crippen LogP contribution in [0.15, 0.2) is 24.3 Å². The summed E-state index contributed by atoms with van der Waals surface area (Å²) in [6.45, 7) is 0.109. The van der Waals surface area contributed by atoms with Crippen molar-refractivity contribution in [2.45, 2.75) is 37.6 Å². The summed E-state index contributed by atoms with van der Waals surface area (Å²) < 4.78 is 10.1. The van der Waals surface area contributed by atoms with Crippen LogP contribution in [0.4, 0.5) is 0 Å². The maximum absolute atomic E-state index is 12.0. The number of carbonyl (C=O) groups excluding carboxylic acids is 1. The van der Waals surface area contributed by atoms with Gasteiger partial charge in [0.05, 0.1) is 12.6 Å². The molecular weight excluding hydrogens is 254 g/mol. The molecule has 4 heteroatoms. The molecule has 110 valence electrons. The van der Waals surface area contributed by atoms with E-state index in [1.165, 1.54) is 6.42 Å². The van der Waals surface area contributed by atoms with Crippen molar-refractivity contribution in [3.8, 4) is 5.75 Å². The van der Waals surface area contributed by atoms with Gasteiger partial charge in [-0.3, -0.25) is 4.79 Å². The Labute approximate surface area is 120 Å². The van der Waals surface area contributed by atoms with Crippen LogP contribution in [0.2, 0.25) is 0 Å². The van der Waals surface area contributed by atoms with Gasteiger partial charge in [-0.25, -0.2) is 0 Å². The van der Waals surface area contributed by atoms with Crippen molar-refractivity contribution in [2.75, 3.05) is 20.8 Å². The topological polar surface area (TPSA) is 47.6 Å². The summed E-state index contributed by atoms with van der Waals surface area (Å²) in [7, 11) is 3.20. The molecule has 1 N–H and O–H groups in total. The second kappa shape index (κ2) is 6.75. The van der Waals surface area contributed by atoms with E-state index in [4.69, 9.17) is 9.47 Å². The molecule has 0 spiro atoms. The Hall–Kier alpha value is -1.55. The molecule has 1 aromatic carbocycles. The lowest BCUT2D eigenvalue weighted by molar-refractivity contribution is -0.127. The molecule has 1 fully saturated rings. The predicted octanol–water partition coefficient (Wildman–Crippen LogP) is 2.62. The number of hydrogen-bond acceptors (Lipinski definition) is 3. The number of carbonyl (C=O) groups is 1. The third kappa shape index (κ3) is 3.31. The number of rotatable bonds is 5. The first-order valence-corrected chi connectivity index (χ1v) is 7.15. The minimum absolute atomic E-state index is 0.0507. The van der Waals surface area contributed by atoms with Gasteiger partial charge in [0.2, 0.25) is 5.91 Å². The Bertz CT molecular complexity index is 436. The van der Waals surface area contributed by atoms with E-state index < -0.39 is 0 Å². The molecule has 0 unspecified atom stereocenters.